The van der Waals surface area contributed by atoms with Gasteiger partial charge in [0, 0.05) is 25.7 Å². The average molecular weight is 331 g/mol. The van der Waals surface area contributed by atoms with Crippen molar-refractivity contribution in [3.63, 3.8) is 0 Å². The van der Waals surface area contributed by atoms with Crippen molar-refractivity contribution < 1.29 is 0 Å². The molecule has 0 bridgehead atoms. The van der Waals surface area contributed by atoms with Crippen LogP contribution in [0.1, 0.15) is 30.0 Å². The summed E-state index contributed by atoms with van der Waals surface area (Å²) in [5.74, 6) is 0.808. The lowest BCUT2D eigenvalue weighted by Crippen LogP contribution is -2.37. The Morgan fingerprint density at radius 1 is 0.880 bits per heavy atom. The van der Waals surface area contributed by atoms with Gasteiger partial charge >= 0.3 is 0 Å². The fraction of sp³-hybridized carbons (Fsp3) is 0.409. The second-order valence-corrected chi connectivity index (χ2v) is 7.72. The highest BCUT2D eigenvalue weighted by atomic mass is 15.2. The Hall–Kier alpha value is -2.13. The summed E-state index contributed by atoms with van der Waals surface area (Å²) in [4.78, 5) is 7.26. The molecule has 128 valence electrons. The first kappa shape index (κ1) is 15.2. The van der Waals surface area contributed by atoms with Crippen molar-refractivity contribution in [2.75, 3.05) is 19.6 Å². The summed E-state index contributed by atoms with van der Waals surface area (Å²) >= 11 is 0. The van der Waals surface area contributed by atoms with E-state index in [0.717, 1.165) is 11.4 Å². The van der Waals surface area contributed by atoms with Gasteiger partial charge in [-0.1, -0.05) is 36.4 Å². The number of para-hydroxylation sites is 2. The lowest BCUT2D eigenvalue weighted by Gasteiger charge is -2.34. The standard InChI is InChI=1S/C22H25N3/c1-2-6-19-14-17(13-18(19)5-1)15-24-11-9-20(10-12-24)25-16-23-21-7-3-4-8-22(21)25/h1-8,16-17,20H,9-15H2. The second kappa shape index (κ2) is 6.30. The van der Waals surface area contributed by atoms with E-state index < -0.39 is 0 Å². The highest BCUT2D eigenvalue weighted by Crippen LogP contribution is 2.30. The van der Waals surface area contributed by atoms with Crippen LogP contribution in [0, 0.1) is 5.92 Å². The molecule has 2 heterocycles. The van der Waals surface area contributed by atoms with E-state index in [4.69, 9.17) is 0 Å². The van der Waals surface area contributed by atoms with Gasteiger partial charge in [-0.2, -0.15) is 0 Å². The zero-order valence-electron chi connectivity index (χ0n) is 14.6. The molecule has 1 fully saturated rings. The van der Waals surface area contributed by atoms with Crippen LogP contribution in [0.5, 0.6) is 0 Å². The molecule has 0 amide bonds. The molecule has 1 aliphatic heterocycles. The lowest BCUT2D eigenvalue weighted by molar-refractivity contribution is 0.165. The van der Waals surface area contributed by atoms with Crippen molar-refractivity contribution in [2.45, 2.75) is 31.7 Å². The van der Waals surface area contributed by atoms with Crippen LogP contribution in [-0.4, -0.2) is 34.1 Å². The predicted molar refractivity (Wildman–Crippen MR) is 102 cm³/mol. The zero-order chi connectivity index (χ0) is 16.6. The number of aromatic nitrogens is 2. The van der Waals surface area contributed by atoms with Crippen LogP contribution in [0.3, 0.4) is 0 Å². The van der Waals surface area contributed by atoms with Crippen LogP contribution in [0.4, 0.5) is 0 Å². The Kier molecular flexibility index (Phi) is 3.82. The SMILES string of the molecule is c1ccc2c(c1)CC(CN1CCC(n3cnc4ccccc43)CC1)C2. The highest BCUT2D eigenvalue weighted by Gasteiger charge is 2.26. The number of nitrogens with zero attached hydrogens (tertiary/aromatic N) is 3. The molecular formula is C22H25N3. The maximum absolute atomic E-state index is 4.57. The molecule has 0 radical (unpaired) electrons. The van der Waals surface area contributed by atoms with Gasteiger partial charge in [0.05, 0.1) is 17.4 Å². The molecule has 5 rings (SSSR count). The lowest BCUT2D eigenvalue weighted by atomic mass is 10.0. The second-order valence-electron chi connectivity index (χ2n) is 7.72. The van der Waals surface area contributed by atoms with E-state index in [2.05, 4.69) is 63.0 Å². The van der Waals surface area contributed by atoms with Crippen LogP contribution in [-0.2, 0) is 12.8 Å². The summed E-state index contributed by atoms with van der Waals surface area (Å²) in [5.41, 5.74) is 5.56. The van der Waals surface area contributed by atoms with Crippen LogP contribution < -0.4 is 0 Å². The molecule has 0 atom stereocenters. The van der Waals surface area contributed by atoms with Crippen LogP contribution in [0.2, 0.25) is 0 Å². The molecular weight excluding hydrogens is 306 g/mol. The zero-order valence-corrected chi connectivity index (χ0v) is 14.6. The Morgan fingerprint density at radius 3 is 2.32 bits per heavy atom. The molecule has 2 aliphatic rings. The first-order valence-electron chi connectivity index (χ1n) is 9.57. The van der Waals surface area contributed by atoms with Crippen molar-refractivity contribution >= 4 is 11.0 Å². The molecule has 0 saturated carbocycles. The number of benzene rings is 2. The Morgan fingerprint density at radius 2 is 1.56 bits per heavy atom. The number of fused-ring (bicyclic) bond motifs is 2. The monoisotopic (exact) mass is 331 g/mol. The van der Waals surface area contributed by atoms with Gasteiger partial charge in [-0.25, -0.2) is 4.98 Å². The van der Waals surface area contributed by atoms with Crippen molar-refractivity contribution in [3.8, 4) is 0 Å². The molecule has 2 aromatic carbocycles. The topological polar surface area (TPSA) is 21.1 Å². The van der Waals surface area contributed by atoms with Gasteiger partial charge in [0.2, 0.25) is 0 Å². The quantitative estimate of drug-likeness (QED) is 0.721. The van der Waals surface area contributed by atoms with Crippen molar-refractivity contribution in [2.24, 2.45) is 5.92 Å². The molecule has 1 aromatic heterocycles. The first-order chi connectivity index (χ1) is 12.4. The van der Waals surface area contributed by atoms with Crippen molar-refractivity contribution in [3.05, 3.63) is 66.0 Å². The first-order valence-corrected chi connectivity index (χ1v) is 9.57. The van der Waals surface area contributed by atoms with Crippen molar-refractivity contribution in [1.29, 1.82) is 0 Å². The number of likely N-dealkylation sites (tertiary alicyclic amines) is 1. The highest BCUT2D eigenvalue weighted by molar-refractivity contribution is 5.75. The van der Waals surface area contributed by atoms with E-state index in [1.807, 2.05) is 6.33 Å². The van der Waals surface area contributed by atoms with Gasteiger partial charge in [-0.05, 0) is 54.9 Å². The van der Waals surface area contributed by atoms with Gasteiger partial charge in [-0.15, -0.1) is 0 Å². The molecule has 25 heavy (non-hydrogen) atoms. The van der Waals surface area contributed by atoms with E-state index in [1.165, 1.54) is 50.8 Å². The van der Waals surface area contributed by atoms with Gasteiger partial charge < -0.3 is 9.47 Å². The third kappa shape index (κ3) is 2.87. The Bertz CT molecular complexity index is 849. The smallest absolute Gasteiger partial charge is 0.0960 e. The van der Waals surface area contributed by atoms with Gasteiger partial charge in [0.25, 0.3) is 0 Å². The largest absolute Gasteiger partial charge is 0.327 e. The van der Waals surface area contributed by atoms with E-state index in [-0.39, 0.29) is 0 Å². The third-order valence-corrected chi connectivity index (χ3v) is 6.08. The molecule has 1 aliphatic carbocycles. The third-order valence-electron chi connectivity index (χ3n) is 6.08. The molecule has 3 aromatic rings. The minimum atomic E-state index is 0.601. The van der Waals surface area contributed by atoms with E-state index in [1.54, 1.807) is 11.1 Å². The van der Waals surface area contributed by atoms with Gasteiger partial charge in [0.1, 0.15) is 0 Å². The number of imidazole rings is 1. The summed E-state index contributed by atoms with van der Waals surface area (Å²) in [6.45, 7) is 3.68. The average Bonchev–Trinajstić information content (AvgIpc) is 3.26. The fourth-order valence-corrected chi connectivity index (χ4v) is 4.79. The summed E-state index contributed by atoms with van der Waals surface area (Å²) in [6.07, 6.45) is 7.04. The normalized spacial score (nSPS) is 19.5. The summed E-state index contributed by atoms with van der Waals surface area (Å²) < 4.78 is 2.40. The van der Waals surface area contributed by atoms with Gasteiger partial charge in [0.15, 0.2) is 0 Å². The summed E-state index contributed by atoms with van der Waals surface area (Å²) in [5, 5.41) is 0. The Labute approximate surface area is 149 Å². The number of piperidine rings is 1. The number of hydrogen-bond donors (Lipinski definition) is 0. The van der Waals surface area contributed by atoms with Crippen LogP contribution in [0.15, 0.2) is 54.9 Å². The maximum Gasteiger partial charge on any atom is 0.0960 e. The molecule has 0 N–H and O–H groups in total. The van der Waals surface area contributed by atoms with Crippen LogP contribution in [0.25, 0.3) is 11.0 Å². The number of rotatable bonds is 3. The minimum Gasteiger partial charge on any atom is -0.327 e. The fourth-order valence-electron chi connectivity index (χ4n) is 4.79. The maximum atomic E-state index is 4.57. The number of hydrogen-bond acceptors (Lipinski definition) is 2. The molecule has 0 spiro atoms. The van der Waals surface area contributed by atoms with Crippen LogP contribution >= 0.6 is 0 Å². The molecule has 1 saturated heterocycles. The minimum absolute atomic E-state index is 0.601. The van der Waals surface area contributed by atoms with Gasteiger partial charge in [-0.3, -0.25) is 0 Å². The molecule has 3 heteroatoms. The van der Waals surface area contributed by atoms with Crippen molar-refractivity contribution in [1.82, 2.24) is 14.5 Å². The molecule has 3 nitrogen and oxygen atoms in total. The van der Waals surface area contributed by atoms with E-state index >= 15 is 0 Å². The summed E-state index contributed by atoms with van der Waals surface area (Å²) in [6, 6.07) is 18.1. The Balaban J connectivity index is 1.21. The summed E-state index contributed by atoms with van der Waals surface area (Å²) in [7, 11) is 0. The predicted octanol–water partition coefficient (Wildman–Crippen LogP) is 4.09. The van der Waals surface area contributed by atoms with E-state index in [0.29, 0.717) is 6.04 Å². The van der Waals surface area contributed by atoms with E-state index in [9.17, 15) is 0 Å². The molecule has 0 unspecified atom stereocenters.